The summed E-state index contributed by atoms with van der Waals surface area (Å²) in [7, 11) is 0. The lowest BCUT2D eigenvalue weighted by Gasteiger charge is -2.31. The highest BCUT2D eigenvalue weighted by Crippen LogP contribution is 2.24. The minimum absolute atomic E-state index is 0.0280. The fourth-order valence-corrected chi connectivity index (χ4v) is 3.72. The van der Waals surface area contributed by atoms with E-state index in [-0.39, 0.29) is 23.8 Å². The minimum atomic E-state index is 0.0280. The molecule has 3 heterocycles. The van der Waals surface area contributed by atoms with E-state index in [1.54, 1.807) is 11.3 Å². The van der Waals surface area contributed by atoms with Crippen LogP contribution in [0.2, 0.25) is 0 Å². The van der Waals surface area contributed by atoms with Gasteiger partial charge in [-0.3, -0.25) is 9.59 Å². The Morgan fingerprint density at radius 1 is 1.43 bits per heavy atom. The summed E-state index contributed by atoms with van der Waals surface area (Å²) in [5.41, 5.74) is 0.648. The number of aromatic nitrogens is 1. The first kappa shape index (κ1) is 16.1. The summed E-state index contributed by atoms with van der Waals surface area (Å²) >= 11 is 1.61. The lowest BCUT2D eigenvalue weighted by atomic mass is 9.95. The van der Waals surface area contributed by atoms with Crippen LogP contribution in [-0.4, -0.2) is 40.8 Å². The predicted molar refractivity (Wildman–Crippen MR) is 92.7 cm³/mol. The molecule has 0 bridgehead atoms. The van der Waals surface area contributed by atoms with Gasteiger partial charge in [0.05, 0.1) is 0 Å². The molecule has 1 atom stereocenters. The smallest absolute Gasteiger partial charge is 0.270 e. The zero-order chi connectivity index (χ0) is 16.4. The highest BCUT2D eigenvalue weighted by molar-refractivity contribution is 7.16. The van der Waals surface area contributed by atoms with Crippen LogP contribution >= 0.6 is 11.3 Å². The number of amides is 2. The predicted octanol–water partition coefficient (Wildman–Crippen LogP) is 3.00. The van der Waals surface area contributed by atoms with Crippen molar-refractivity contribution in [1.29, 1.82) is 0 Å². The lowest BCUT2D eigenvalue weighted by Crippen LogP contribution is -2.44. The zero-order valence-electron chi connectivity index (χ0n) is 13.6. The molecule has 1 aliphatic rings. The number of carbonyl (C=O) groups is 2. The maximum Gasteiger partial charge on any atom is 0.270 e. The quantitative estimate of drug-likeness (QED) is 0.903. The second-order valence-electron chi connectivity index (χ2n) is 6.27. The molecule has 2 aromatic heterocycles. The number of H-pyrrole nitrogens is 1. The van der Waals surface area contributed by atoms with E-state index in [0.29, 0.717) is 18.8 Å². The number of piperidine rings is 1. The topological polar surface area (TPSA) is 65.2 Å². The molecule has 0 spiro atoms. The van der Waals surface area contributed by atoms with E-state index in [2.05, 4.69) is 17.2 Å². The van der Waals surface area contributed by atoms with Crippen LogP contribution in [-0.2, 0) is 4.79 Å². The zero-order valence-corrected chi connectivity index (χ0v) is 14.4. The average molecular weight is 333 g/mol. The number of rotatable bonds is 4. The first-order valence-electron chi connectivity index (χ1n) is 8.24. The van der Waals surface area contributed by atoms with Crippen molar-refractivity contribution in [3.05, 3.63) is 23.2 Å². The Morgan fingerprint density at radius 3 is 2.83 bits per heavy atom. The summed E-state index contributed by atoms with van der Waals surface area (Å²) in [6.45, 7) is 5.37. The van der Waals surface area contributed by atoms with E-state index in [4.69, 9.17) is 0 Å². The molecule has 0 aliphatic carbocycles. The molecular formula is C17H23N3O2S. The highest BCUT2D eigenvalue weighted by atomic mass is 32.1. The first-order valence-corrected chi connectivity index (χ1v) is 9.12. The molecule has 2 amide bonds. The van der Waals surface area contributed by atoms with Crippen molar-refractivity contribution in [2.24, 2.45) is 5.92 Å². The number of hydrogen-bond acceptors (Lipinski definition) is 3. The number of fused-ring (bicyclic) bond motifs is 1. The van der Waals surface area contributed by atoms with Crippen LogP contribution in [0.25, 0.3) is 10.2 Å². The van der Waals surface area contributed by atoms with E-state index in [9.17, 15) is 9.59 Å². The molecule has 1 fully saturated rings. The third kappa shape index (κ3) is 3.42. The van der Waals surface area contributed by atoms with Crippen molar-refractivity contribution in [2.45, 2.75) is 39.2 Å². The molecule has 0 saturated carbocycles. The Morgan fingerprint density at radius 2 is 2.17 bits per heavy atom. The Kier molecular flexibility index (Phi) is 4.71. The largest absolute Gasteiger partial charge is 0.353 e. The number of carbonyl (C=O) groups excluding carboxylic acids is 2. The Hall–Kier alpha value is -1.82. The summed E-state index contributed by atoms with van der Waals surface area (Å²) in [5.74, 6) is 0.196. The summed E-state index contributed by atoms with van der Waals surface area (Å²) in [6.07, 6.45) is 2.42. The number of aromatic amines is 1. The van der Waals surface area contributed by atoms with Crippen molar-refractivity contribution in [2.75, 3.05) is 13.1 Å². The van der Waals surface area contributed by atoms with Gasteiger partial charge in [0.15, 0.2) is 0 Å². The van der Waals surface area contributed by atoms with Crippen molar-refractivity contribution in [3.63, 3.8) is 0 Å². The molecule has 0 radical (unpaired) electrons. The number of thiophene rings is 1. The summed E-state index contributed by atoms with van der Waals surface area (Å²) in [6, 6.07) is 4.14. The van der Waals surface area contributed by atoms with Crippen LogP contribution in [0.1, 0.15) is 43.6 Å². The van der Waals surface area contributed by atoms with Crippen LogP contribution < -0.4 is 5.32 Å². The first-order chi connectivity index (χ1) is 11.1. The third-order valence-corrected chi connectivity index (χ3v) is 5.47. The van der Waals surface area contributed by atoms with Gasteiger partial charge in [-0.1, -0.05) is 6.92 Å². The Bertz CT molecular complexity index is 669. The number of hydrogen-bond donors (Lipinski definition) is 2. The SMILES string of the molecule is CCC(C)NC(=O)C1CCN(C(=O)c2cc3ccsc3[nH]2)CC1. The van der Waals surface area contributed by atoms with Crippen molar-refractivity contribution < 1.29 is 9.59 Å². The number of nitrogens with zero attached hydrogens (tertiary/aromatic N) is 1. The molecule has 2 N–H and O–H groups in total. The lowest BCUT2D eigenvalue weighted by molar-refractivity contribution is -0.126. The monoisotopic (exact) mass is 333 g/mol. The van der Waals surface area contributed by atoms with Crippen molar-refractivity contribution in [1.82, 2.24) is 15.2 Å². The molecule has 3 rings (SSSR count). The number of likely N-dealkylation sites (tertiary alicyclic amines) is 1. The Labute approximate surface area is 140 Å². The van der Waals surface area contributed by atoms with E-state index in [1.165, 1.54) is 0 Å². The fraction of sp³-hybridized carbons (Fsp3) is 0.529. The van der Waals surface area contributed by atoms with E-state index >= 15 is 0 Å². The van der Waals surface area contributed by atoms with Gasteiger partial charge in [0.25, 0.3) is 5.91 Å². The fourth-order valence-electron chi connectivity index (χ4n) is 2.94. The van der Waals surface area contributed by atoms with Gasteiger partial charge in [-0.25, -0.2) is 0 Å². The highest BCUT2D eigenvalue weighted by Gasteiger charge is 2.28. The molecule has 23 heavy (non-hydrogen) atoms. The standard InChI is InChI=1S/C17H23N3O2S/c1-3-11(2)18-15(21)12-4-7-20(8-5-12)17(22)14-10-13-6-9-23-16(13)19-14/h6,9-12,19H,3-5,7-8H2,1-2H3,(H,18,21). The van der Waals surface area contributed by atoms with Gasteiger partial charge in [-0.15, -0.1) is 11.3 Å². The maximum atomic E-state index is 12.6. The molecule has 1 aliphatic heterocycles. The second-order valence-corrected chi connectivity index (χ2v) is 7.19. The summed E-state index contributed by atoms with van der Waals surface area (Å²) in [4.78, 5) is 30.8. The third-order valence-electron chi connectivity index (χ3n) is 4.63. The molecular weight excluding hydrogens is 310 g/mol. The van der Waals surface area contributed by atoms with Gasteiger partial charge < -0.3 is 15.2 Å². The van der Waals surface area contributed by atoms with Gasteiger partial charge >= 0.3 is 0 Å². The molecule has 2 aromatic rings. The van der Waals surface area contributed by atoms with Crippen LogP contribution in [0.4, 0.5) is 0 Å². The van der Waals surface area contributed by atoms with Crippen LogP contribution in [0.15, 0.2) is 17.5 Å². The summed E-state index contributed by atoms with van der Waals surface area (Å²) < 4.78 is 0. The Balaban J connectivity index is 1.57. The molecule has 1 saturated heterocycles. The summed E-state index contributed by atoms with van der Waals surface area (Å²) in [5, 5.41) is 6.14. The van der Waals surface area contributed by atoms with Gasteiger partial charge in [0.2, 0.25) is 5.91 Å². The van der Waals surface area contributed by atoms with E-state index in [0.717, 1.165) is 29.5 Å². The molecule has 0 aromatic carbocycles. The van der Waals surface area contributed by atoms with Crippen molar-refractivity contribution >= 4 is 33.4 Å². The minimum Gasteiger partial charge on any atom is -0.353 e. The van der Waals surface area contributed by atoms with Crippen LogP contribution in [0, 0.1) is 5.92 Å². The van der Waals surface area contributed by atoms with E-state index < -0.39 is 0 Å². The van der Waals surface area contributed by atoms with Gasteiger partial charge in [-0.2, -0.15) is 0 Å². The van der Waals surface area contributed by atoms with E-state index in [1.807, 2.05) is 29.3 Å². The number of nitrogens with one attached hydrogen (secondary N) is 2. The van der Waals surface area contributed by atoms with Gasteiger partial charge in [0.1, 0.15) is 10.5 Å². The van der Waals surface area contributed by atoms with Gasteiger partial charge in [-0.05, 0) is 43.7 Å². The molecule has 5 nitrogen and oxygen atoms in total. The average Bonchev–Trinajstić information content (AvgIpc) is 3.15. The normalized spacial score (nSPS) is 17.4. The molecule has 6 heteroatoms. The second kappa shape index (κ2) is 6.74. The van der Waals surface area contributed by atoms with Crippen LogP contribution in [0.5, 0.6) is 0 Å². The molecule has 1 unspecified atom stereocenters. The van der Waals surface area contributed by atoms with Crippen molar-refractivity contribution in [3.8, 4) is 0 Å². The van der Waals surface area contributed by atoms with Gasteiger partial charge in [0, 0.05) is 30.4 Å². The molecule has 124 valence electrons. The van der Waals surface area contributed by atoms with Crippen LogP contribution in [0.3, 0.4) is 0 Å². The maximum absolute atomic E-state index is 12.6.